The molecule has 1 heterocycles. The maximum Gasteiger partial charge on any atom is 0.244 e. The monoisotopic (exact) mass is 264 g/mol. The van der Waals surface area contributed by atoms with Gasteiger partial charge in [0.25, 0.3) is 0 Å². The number of amides is 1. The van der Waals surface area contributed by atoms with Crippen LogP contribution in [0.25, 0.3) is 0 Å². The molecule has 19 heavy (non-hydrogen) atoms. The summed E-state index contributed by atoms with van der Waals surface area (Å²) in [4.78, 5) is 14.2. The van der Waals surface area contributed by atoms with Crippen molar-refractivity contribution in [3.63, 3.8) is 0 Å². The van der Waals surface area contributed by atoms with Crippen LogP contribution in [0.5, 0.6) is 0 Å². The Kier molecular flexibility index (Phi) is 2.11. The van der Waals surface area contributed by atoms with Crippen LogP contribution in [0.1, 0.15) is 37.4 Å². The highest BCUT2D eigenvalue weighted by atomic mass is 19.2. The van der Waals surface area contributed by atoms with E-state index in [0.717, 1.165) is 31.7 Å². The summed E-state index contributed by atoms with van der Waals surface area (Å²) in [7, 11) is 0. The molecule has 1 unspecified atom stereocenters. The lowest BCUT2D eigenvalue weighted by Gasteiger charge is -2.24. The fourth-order valence-electron chi connectivity index (χ4n) is 2.90. The molecule has 1 aromatic rings. The van der Waals surface area contributed by atoms with Crippen LogP contribution in [-0.4, -0.2) is 22.4 Å². The quantitative estimate of drug-likeness (QED) is 0.887. The minimum Gasteiger partial charge on any atom is -0.318 e. The van der Waals surface area contributed by atoms with Crippen molar-refractivity contribution >= 4 is 5.91 Å². The Morgan fingerprint density at radius 1 is 1.21 bits per heavy atom. The highest BCUT2D eigenvalue weighted by Crippen LogP contribution is 2.49. The average molecular weight is 264 g/mol. The van der Waals surface area contributed by atoms with Gasteiger partial charge in [-0.05, 0) is 43.4 Å². The molecule has 0 bridgehead atoms. The Bertz CT molecular complexity index is 567. The summed E-state index contributed by atoms with van der Waals surface area (Å²) in [6.07, 6.45) is 3.38. The van der Waals surface area contributed by atoms with E-state index in [0.29, 0.717) is 5.56 Å². The lowest BCUT2D eigenvalue weighted by molar-refractivity contribution is -0.131. The number of halogens is 2. The molecule has 1 aromatic carbocycles. The molecule has 3 nitrogen and oxygen atoms in total. The summed E-state index contributed by atoms with van der Waals surface area (Å²) in [5, 5.41) is 3.31. The SMILES string of the molecule is O=C1N(C2CC2)C(c2ccc(F)c(F)c2)NC12CC2. The van der Waals surface area contributed by atoms with Gasteiger partial charge in [0.05, 0.1) is 0 Å². The van der Waals surface area contributed by atoms with E-state index in [2.05, 4.69) is 5.32 Å². The Labute approximate surface area is 109 Å². The summed E-state index contributed by atoms with van der Waals surface area (Å²) in [6.45, 7) is 0. The second-order valence-corrected chi connectivity index (χ2v) is 5.75. The molecule has 3 aliphatic rings. The number of rotatable bonds is 2. The minimum atomic E-state index is -0.862. The van der Waals surface area contributed by atoms with Crippen molar-refractivity contribution in [2.75, 3.05) is 0 Å². The van der Waals surface area contributed by atoms with Crippen molar-refractivity contribution in [2.24, 2.45) is 0 Å². The molecule has 1 spiro atoms. The number of nitrogens with zero attached hydrogens (tertiary/aromatic N) is 1. The third-order valence-electron chi connectivity index (χ3n) is 4.28. The van der Waals surface area contributed by atoms with Crippen LogP contribution in [-0.2, 0) is 4.79 Å². The van der Waals surface area contributed by atoms with Crippen LogP contribution in [0, 0.1) is 11.6 Å². The molecule has 5 heteroatoms. The average Bonchev–Trinajstić information content (AvgIpc) is 3.26. The predicted molar refractivity (Wildman–Crippen MR) is 64.1 cm³/mol. The van der Waals surface area contributed by atoms with Crippen molar-refractivity contribution in [2.45, 2.75) is 43.4 Å². The number of hydrogen-bond donors (Lipinski definition) is 1. The zero-order chi connectivity index (χ0) is 13.2. The van der Waals surface area contributed by atoms with E-state index >= 15 is 0 Å². The molecular formula is C14H14F2N2O. The van der Waals surface area contributed by atoms with Crippen LogP contribution < -0.4 is 5.32 Å². The fourth-order valence-corrected chi connectivity index (χ4v) is 2.90. The zero-order valence-electron chi connectivity index (χ0n) is 10.3. The van der Waals surface area contributed by atoms with Gasteiger partial charge < -0.3 is 4.90 Å². The van der Waals surface area contributed by atoms with Crippen LogP contribution in [0.2, 0.25) is 0 Å². The van der Waals surface area contributed by atoms with Gasteiger partial charge in [-0.2, -0.15) is 0 Å². The molecule has 0 aromatic heterocycles. The number of carbonyl (C=O) groups is 1. The Morgan fingerprint density at radius 3 is 2.53 bits per heavy atom. The summed E-state index contributed by atoms with van der Waals surface area (Å²) < 4.78 is 26.4. The topological polar surface area (TPSA) is 32.3 Å². The van der Waals surface area contributed by atoms with Gasteiger partial charge in [-0.15, -0.1) is 0 Å². The first-order valence-electron chi connectivity index (χ1n) is 6.66. The molecule has 1 N–H and O–H groups in total. The van der Waals surface area contributed by atoms with Gasteiger partial charge >= 0.3 is 0 Å². The molecule has 1 atom stereocenters. The Hall–Kier alpha value is -1.49. The Balaban J connectivity index is 1.72. The van der Waals surface area contributed by atoms with Crippen LogP contribution in [0.3, 0.4) is 0 Å². The molecule has 4 rings (SSSR count). The lowest BCUT2D eigenvalue weighted by atomic mass is 10.1. The van der Waals surface area contributed by atoms with Crippen molar-refractivity contribution in [3.8, 4) is 0 Å². The van der Waals surface area contributed by atoms with Crippen molar-refractivity contribution in [1.82, 2.24) is 10.2 Å². The maximum atomic E-state index is 13.4. The van der Waals surface area contributed by atoms with Gasteiger partial charge in [-0.1, -0.05) is 6.07 Å². The second kappa shape index (κ2) is 3.54. The van der Waals surface area contributed by atoms with Crippen molar-refractivity contribution in [1.29, 1.82) is 0 Å². The largest absolute Gasteiger partial charge is 0.318 e. The number of nitrogens with one attached hydrogen (secondary N) is 1. The molecule has 3 fully saturated rings. The molecule has 2 aliphatic carbocycles. The molecule has 1 saturated heterocycles. The summed E-state index contributed by atoms with van der Waals surface area (Å²) >= 11 is 0. The first kappa shape index (κ1) is 11.3. The van der Waals surface area contributed by atoms with Gasteiger partial charge in [-0.25, -0.2) is 8.78 Å². The maximum absolute atomic E-state index is 13.4. The van der Waals surface area contributed by atoms with Crippen LogP contribution in [0.4, 0.5) is 8.78 Å². The van der Waals surface area contributed by atoms with E-state index in [1.165, 1.54) is 6.07 Å². The van der Waals surface area contributed by atoms with Crippen molar-refractivity contribution < 1.29 is 13.6 Å². The van der Waals surface area contributed by atoms with E-state index in [1.807, 2.05) is 4.90 Å². The third-order valence-corrected chi connectivity index (χ3v) is 4.28. The Morgan fingerprint density at radius 2 is 1.95 bits per heavy atom. The van der Waals surface area contributed by atoms with Gasteiger partial charge in [0.2, 0.25) is 5.91 Å². The van der Waals surface area contributed by atoms with Gasteiger partial charge in [0, 0.05) is 6.04 Å². The van der Waals surface area contributed by atoms with Crippen molar-refractivity contribution in [3.05, 3.63) is 35.4 Å². The zero-order valence-corrected chi connectivity index (χ0v) is 10.3. The number of benzene rings is 1. The standard InChI is InChI=1S/C14H14F2N2O/c15-10-4-1-8(7-11(10)16)12-17-14(5-6-14)13(19)18(12)9-2-3-9/h1,4,7,9,12,17H,2-3,5-6H2. The molecule has 1 aliphatic heterocycles. The van der Waals surface area contributed by atoms with Crippen LogP contribution >= 0.6 is 0 Å². The summed E-state index contributed by atoms with van der Waals surface area (Å²) in [5.74, 6) is -1.59. The molecule has 2 saturated carbocycles. The molecule has 1 amide bonds. The lowest BCUT2D eigenvalue weighted by Crippen LogP contribution is -2.33. The highest BCUT2D eigenvalue weighted by Gasteiger charge is 2.61. The van der Waals surface area contributed by atoms with E-state index in [1.54, 1.807) is 6.07 Å². The van der Waals surface area contributed by atoms with E-state index in [9.17, 15) is 13.6 Å². The molecule has 0 radical (unpaired) electrons. The first-order chi connectivity index (χ1) is 9.11. The normalized spacial score (nSPS) is 28.2. The predicted octanol–water partition coefficient (Wildman–Crippen LogP) is 2.09. The van der Waals surface area contributed by atoms with Gasteiger partial charge in [0.15, 0.2) is 11.6 Å². The molecular weight excluding hydrogens is 250 g/mol. The summed E-state index contributed by atoms with van der Waals surface area (Å²) in [6, 6.07) is 4.13. The van der Waals surface area contributed by atoms with Crippen LogP contribution in [0.15, 0.2) is 18.2 Å². The highest BCUT2D eigenvalue weighted by molar-refractivity contribution is 5.92. The van der Waals surface area contributed by atoms with E-state index in [-0.39, 0.29) is 18.1 Å². The first-order valence-corrected chi connectivity index (χ1v) is 6.66. The van der Waals surface area contributed by atoms with E-state index in [4.69, 9.17) is 0 Å². The second-order valence-electron chi connectivity index (χ2n) is 5.75. The minimum absolute atomic E-state index is 0.129. The number of carbonyl (C=O) groups excluding carboxylic acids is 1. The summed E-state index contributed by atoms with van der Waals surface area (Å²) in [5.41, 5.74) is 0.209. The van der Waals surface area contributed by atoms with Gasteiger partial charge in [-0.3, -0.25) is 10.1 Å². The third kappa shape index (κ3) is 1.61. The van der Waals surface area contributed by atoms with Gasteiger partial charge in [0.1, 0.15) is 11.7 Å². The molecule has 100 valence electrons. The fraction of sp³-hybridized carbons (Fsp3) is 0.500. The van der Waals surface area contributed by atoms with E-state index < -0.39 is 17.2 Å². The number of hydrogen-bond acceptors (Lipinski definition) is 2. The smallest absolute Gasteiger partial charge is 0.244 e.